The van der Waals surface area contributed by atoms with Gasteiger partial charge in [-0.3, -0.25) is 15.4 Å². The molecule has 3 aliphatic rings. The zero-order valence-electron chi connectivity index (χ0n) is 15.8. The van der Waals surface area contributed by atoms with Gasteiger partial charge in [-0.25, -0.2) is 9.69 Å². The van der Waals surface area contributed by atoms with Gasteiger partial charge >= 0.3 is 11.7 Å². The third-order valence-electron chi connectivity index (χ3n) is 5.28. The molecule has 142 valence electrons. The molecule has 0 spiro atoms. The second-order valence-electron chi connectivity index (χ2n) is 8.93. The van der Waals surface area contributed by atoms with Gasteiger partial charge in [0.15, 0.2) is 0 Å². The maximum Gasteiger partial charge on any atom is 0.364 e. The zero-order valence-corrected chi connectivity index (χ0v) is 15.8. The average molecular weight is 354 g/mol. The number of nitrogens with zero attached hydrogens (tertiary/aromatic N) is 2. The van der Waals surface area contributed by atoms with Crippen LogP contribution in [0.4, 0.5) is 0 Å². The summed E-state index contributed by atoms with van der Waals surface area (Å²) >= 11 is 0. The maximum absolute atomic E-state index is 13.2. The van der Waals surface area contributed by atoms with Crippen LogP contribution in [0.25, 0.3) is 0 Å². The van der Waals surface area contributed by atoms with Gasteiger partial charge in [0.2, 0.25) is 0 Å². The Labute approximate surface area is 148 Å². The summed E-state index contributed by atoms with van der Waals surface area (Å²) in [6.07, 6.45) is -0.637. The number of amides is 1. The third-order valence-corrected chi connectivity index (χ3v) is 5.28. The summed E-state index contributed by atoms with van der Waals surface area (Å²) in [5, 5.41) is 18.1. The number of nitrogens with one attached hydrogen (secondary N) is 2. The van der Waals surface area contributed by atoms with Crippen molar-refractivity contribution in [3.05, 3.63) is 0 Å². The van der Waals surface area contributed by atoms with Crippen LogP contribution < -0.4 is 10.6 Å². The Bertz CT molecular complexity index is 579. The molecule has 1 unspecified atom stereocenters. The Hall–Kier alpha value is -1.22. The zero-order chi connectivity index (χ0) is 18.6. The van der Waals surface area contributed by atoms with Crippen LogP contribution in [0.2, 0.25) is 0 Å². The summed E-state index contributed by atoms with van der Waals surface area (Å²) in [6.45, 7) is 12.3. The highest BCUT2D eigenvalue weighted by atomic mass is 16.6. The van der Waals surface area contributed by atoms with E-state index in [0.29, 0.717) is 13.1 Å². The van der Waals surface area contributed by atoms with Crippen molar-refractivity contribution in [2.75, 3.05) is 32.8 Å². The molecule has 3 fully saturated rings. The monoisotopic (exact) mass is 354 g/mol. The Morgan fingerprint density at radius 3 is 2.32 bits per heavy atom. The number of aliphatic hydroxyl groups is 1. The molecule has 8 nitrogen and oxygen atoms in total. The Morgan fingerprint density at radius 2 is 1.72 bits per heavy atom. The molecule has 3 saturated heterocycles. The number of esters is 1. The molecule has 3 rings (SSSR count). The van der Waals surface area contributed by atoms with Crippen LogP contribution in [-0.4, -0.2) is 77.6 Å². The SMILES string of the molecule is CCOC(=O)C1(O)C(=O)N2CC(C)(C)CN[C@H]2[C@@H]2NCC(C)(C)CN21. The van der Waals surface area contributed by atoms with E-state index >= 15 is 0 Å². The van der Waals surface area contributed by atoms with Gasteiger partial charge in [0.05, 0.1) is 12.8 Å². The molecule has 8 heteroatoms. The van der Waals surface area contributed by atoms with Gasteiger partial charge in [-0.15, -0.1) is 0 Å². The number of rotatable bonds is 2. The van der Waals surface area contributed by atoms with Crippen LogP contribution in [0, 0.1) is 10.8 Å². The molecule has 1 amide bonds. The molecule has 25 heavy (non-hydrogen) atoms. The van der Waals surface area contributed by atoms with Crippen LogP contribution in [0.1, 0.15) is 34.6 Å². The molecule has 3 aliphatic heterocycles. The van der Waals surface area contributed by atoms with Crippen molar-refractivity contribution in [3.8, 4) is 0 Å². The van der Waals surface area contributed by atoms with Gasteiger partial charge in [0.1, 0.15) is 6.17 Å². The fourth-order valence-electron chi connectivity index (χ4n) is 4.05. The van der Waals surface area contributed by atoms with E-state index in [4.69, 9.17) is 4.74 Å². The number of carbonyl (C=O) groups excluding carboxylic acids is 2. The number of fused-ring (bicyclic) bond motifs is 3. The van der Waals surface area contributed by atoms with Gasteiger partial charge in [-0.1, -0.05) is 27.7 Å². The van der Waals surface area contributed by atoms with Crippen molar-refractivity contribution in [1.82, 2.24) is 20.4 Å². The number of hydrogen-bond donors (Lipinski definition) is 3. The molecule has 0 bridgehead atoms. The molecule has 0 aliphatic carbocycles. The van der Waals surface area contributed by atoms with E-state index in [0.717, 1.165) is 13.1 Å². The fraction of sp³-hybridized carbons (Fsp3) is 0.882. The van der Waals surface area contributed by atoms with Crippen molar-refractivity contribution in [2.45, 2.75) is 52.7 Å². The minimum absolute atomic E-state index is 0.108. The Morgan fingerprint density at radius 1 is 1.16 bits per heavy atom. The largest absolute Gasteiger partial charge is 0.462 e. The van der Waals surface area contributed by atoms with Gasteiger partial charge in [0.25, 0.3) is 5.91 Å². The second-order valence-corrected chi connectivity index (χ2v) is 8.93. The lowest BCUT2D eigenvalue weighted by molar-refractivity contribution is -0.237. The minimum Gasteiger partial charge on any atom is -0.462 e. The van der Waals surface area contributed by atoms with E-state index in [1.165, 1.54) is 0 Å². The fourth-order valence-corrected chi connectivity index (χ4v) is 4.05. The second kappa shape index (κ2) is 5.90. The Balaban J connectivity index is 2.02. The summed E-state index contributed by atoms with van der Waals surface area (Å²) in [4.78, 5) is 29.0. The topological polar surface area (TPSA) is 94.1 Å². The highest BCUT2D eigenvalue weighted by Gasteiger charge is 2.64. The summed E-state index contributed by atoms with van der Waals surface area (Å²) in [5.74, 6) is -1.50. The van der Waals surface area contributed by atoms with Crippen molar-refractivity contribution in [2.24, 2.45) is 10.8 Å². The highest BCUT2D eigenvalue weighted by Crippen LogP contribution is 2.37. The van der Waals surface area contributed by atoms with Gasteiger partial charge in [-0.05, 0) is 17.8 Å². The predicted molar refractivity (Wildman–Crippen MR) is 91.1 cm³/mol. The van der Waals surface area contributed by atoms with E-state index in [1.807, 2.05) is 13.8 Å². The van der Waals surface area contributed by atoms with Crippen molar-refractivity contribution in [3.63, 3.8) is 0 Å². The normalized spacial score (nSPS) is 37.2. The van der Waals surface area contributed by atoms with E-state index in [9.17, 15) is 14.7 Å². The van der Waals surface area contributed by atoms with E-state index in [1.54, 1.807) is 16.7 Å². The van der Waals surface area contributed by atoms with Crippen molar-refractivity contribution >= 4 is 11.9 Å². The van der Waals surface area contributed by atoms with Crippen LogP contribution in [0.3, 0.4) is 0 Å². The summed E-state index contributed by atoms with van der Waals surface area (Å²) in [5.41, 5.74) is -2.62. The van der Waals surface area contributed by atoms with Gasteiger partial charge in [0, 0.05) is 26.2 Å². The standard InChI is InChI=1S/C17H30N4O4/c1-6-25-14(23)17(24)13(22)20-9-15(2,3)7-18-11(20)12-19-8-16(4,5)10-21(12)17/h11-12,18-19,24H,6-10H2,1-5H3/t11-,12-,17?/m1/s1. The molecule has 3 N–H and O–H groups in total. The molecule has 3 heterocycles. The molecule has 0 saturated carbocycles. The summed E-state index contributed by atoms with van der Waals surface area (Å²) < 4.78 is 5.08. The first-order chi connectivity index (χ1) is 11.5. The summed E-state index contributed by atoms with van der Waals surface area (Å²) in [6, 6.07) is 0. The molecule has 0 aromatic rings. The lowest BCUT2D eigenvalue weighted by Crippen LogP contribution is -2.85. The first kappa shape index (κ1) is 18.6. The number of piperazine rings is 1. The van der Waals surface area contributed by atoms with Crippen molar-refractivity contribution < 1.29 is 19.4 Å². The van der Waals surface area contributed by atoms with E-state index in [2.05, 4.69) is 24.5 Å². The van der Waals surface area contributed by atoms with Gasteiger partial charge < -0.3 is 14.7 Å². The Kier molecular flexibility index (Phi) is 4.39. The van der Waals surface area contributed by atoms with Crippen LogP contribution in [0.5, 0.6) is 0 Å². The van der Waals surface area contributed by atoms with Crippen LogP contribution >= 0.6 is 0 Å². The molecule has 0 aromatic carbocycles. The smallest absolute Gasteiger partial charge is 0.364 e. The number of ether oxygens (including phenoxy) is 1. The molecular weight excluding hydrogens is 324 g/mol. The first-order valence-electron chi connectivity index (χ1n) is 8.96. The van der Waals surface area contributed by atoms with E-state index in [-0.39, 0.29) is 29.8 Å². The lowest BCUT2D eigenvalue weighted by atomic mass is 9.83. The summed E-state index contributed by atoms with van der Waals surface area (Å²) in [7, 11) is 0. The van der Waals surface area contributed by atoms with Crippen LogP contribution in [-0.2, 0) is 14.3 Å². The average Bonchev–Trinajstić information content (AvgIpc) is 2.51. The van der Waals surface area contributed by atoms with E-state index < -0.39 is 17.6 Å². The van der Waals surface area contributed by atoms with Crippen LogP contribution in [0.15, 0.2) is 0 Å². The quantitative estimate of drug-likeness (QED) is 0.446. The lowest BCUT2D eigenvalue weighted by Gasteiger charge is -2.60. The molecule has 3 atom stereocenters. The highest BCUT2D eigenvalue weighted by molar-refractivity contribution is 6.06. The first-order valence-corrected chi connectivity index (χ1v) is 8.96. The maximum atomic E-state index is 13.2. The third kappa shape index (κ3) is 2.95. The number of hydrogen-bond acceptors (Lipinski definition) is 7. The molecule has 0 radical (unpaired) electrons. The minimum atomic E-state index is -2.29. The molecular formula is C17H30N4O4. The van der Waals surface area contributed by atoms with Gasteiger partial charge in [-0.2, -0.15) is 0 Å². The predicted octanol–water partition coefficient (Wildman–Crippen LogP) is -0.707. The molecule has 0 aromatic heterocycles. The number of carbonyl (C=O) groups is 2. The van der Waals surface area contributed by atoms with Crippen molar-refractivity contribution in [1.29, 1.82) is 0 Å².